The number of nitrogens with zero attached hydrogens (tertiary/aromatic N) is 2. The summed E-state index contributed by atoms with van der Waals surface area (Å²) in [4.78, 5) is 13.4. The highest BCUT2D eigenvalue weighted by atomic mass is 35.5. The maximum Gasteiger partial charge on any atom is 0.235 e. The maximum atomic E-state index is 12.2. The van der Waals surface area contributed by atoms with Gasteiger partial charge in [-0.2, -0.15) is 5.10 Å². The van der Waals surface area contributed by atoms with Crippen molar-refractivity contribution < 1.29 is 4.79 Å². The molecule has 3 aromatic rings. The molecule has 0 bridgehead atoms. The summed E-state index contributed by atoms with van der Waals surface area (Å²) < 4.78 is 1.86. The van der Waals surface area contributed by atoms with Gasteiger partial charge < -0.3 is 5.32 Å². The zero-order chi connectivity index (χ0) is 16.5. The maximum absolute atomic E-state index is 12.2. The van der Waals surface area contributed by atoms with Crippen LogP contribution in [0.2, 0.25) is 5.02 Å². The summed E-state index contributed by atoms with van der Waals surface area (Å²) in [5, 5.41) is 10.3. The molecule has 0 saturated heterocycles. The van der Waals surface area contributed by atoms with E-state index < -0.39 is 0 Å². The molecule has 0 aliphatic carbocycles. The first-order valence-corrected chi connectivity index (χ1v) is 9.77. The fourth-order valence-corrected chi connectivity index (χ4v) is 4.88. The Morgan fingerprint density at radius 1 is 1.25 bits per heavy atom. The molecule has 122 valence electrons. The van der Waals surface area contributed by atoms with E-state index in [9.17, 15) is 4.79 Å². The molecule has 0 spiro atoms. The van der Waals surface area contributed by atoms with Crippen LogP contribution in [0, 0.1) is 0 Å². The van der Waals surface area contributed by atoms with Gasteiger partial charge in [0.2, 0.25) is 5.91 Å². The van der Waals surface area contributed by atoms with Gasteiger partial charge in [0.25, 0.3) is 0 Å². The first kappa shape index (κ1) is 15.7. The van der Waals surface area contributed by atoms with Crippen molar-refractivity contribution in [1.82, 2.24) is 9.78 Å². The molecule has 0 radical (unpaired) electrons. The zero-order valence-corrected chi connectivity index (χ0v) is 15.0. The minimum atomic E-state index is -0.0104. The van der Waals surface area contributed by atoms with Crippen molar-refractivity contribution in [3.8, 4) is 0 Å². The molecule has 1 atom stereocenters. The van der Waals surface area contributed by atoms with Crippen molar-refractivity contribution in [2.45, 2.75) is 11.8 Å². The lowest BCUT2D eigenvalue weighted by Gasteiger charge is -2.15. The summed E-state index contributed by atoms with van der Waals surface area (Å²) in [5.41, 5.74) is 2.01. The van der Waals surface area contributed by atoms with Crippen LogP contribution in [-0.2, 0) is 11.3 Å². The molecule has 0 saturated carbocycles. The number of rotatable bonds is 3. The van der Waals surface area contributed by atoms with E-state index in [1.807, 2.05) is 46.6 Å². The Morgan fingerprint density at radius 3 is 2.92 bits per heavy atom. The van der Waals surface area contributed by atoms with Crippen molar-refractivity contribution in [3.05, 3.63) is 69.0 Å². The van der Waals surface area contributed by atoms with Gasteiger partial charge in [0.1, 0.15) is 5.82 Å². The van der Waals surface area contributed by atoms with E-state index in [1.54, 1.807) is 23.1 Å². The van der Waals surface area contributed by atoms with Crippen LogP contribution in [0.4, 0.5) is 5.82 Å². The fourth-order valence-electron chi connectivity index (χ4n) is 2.76. The molecule has 1 amide bonds. The second kappa shape index (κ2) is 6.63. The Bertz CT molecular complexity index is 876. The molecule has 24 heavy (non-hydrogen) atoms. The molecule has 1 aliphatic rings. The molecule has 2 aromatic heterocycles. The minimum absolute atomic E-state index is 0.00950. The Kier molecular flexibility index (Phi) is 4.35. The Hall–Kier alpha value is -1.76. The van der Waals surface area contributed by atoms with Crippen LogP contribution in [0.15, 0.2) is 48.0 Å². The number of fused-ring (bicyclic) bond motifs is 1. The average molecular weight is 376 g/mol. The number of aromatic nitrogens is 2. The highest BCUT2D eigenvalue weighted by Gasteiger charge is 2.28. The number of nitrogens with one attached hydrogen (secondary N) is 1. The van der Waals surface area contributed by atoms with Crippen molar-refractivity contribution in [2.24, 2.45) is 0 Å². The van der Waals surface area contributed by atoms with Crippen LogP contribution in [0.3, 0.4) is 0 Å². The lowest BCUT2D eigenvalue weighted by molar-refractivity contribution is -0.113. The van der Waals surface area contributed by atoms with Crippen LogP contribution < -0.4 is 5.32 Å². The van der Waals surface area contributed by atoms with E-state index in [0.29, 0.717) is 17.3 Å². The van der Waals surface area contributed by atoms with Gasteiger partial charge >= 0.3 is 0 Å². The number of benzene rings is 1. The fraction of sp³-hybridized carbons (Fsp3) is 0.176. The number of anilines is 1. The standard InChI is InChI=1S/C17H14ClN3OS2/c18-14-6-2-1-5-12(14)16-13-8-19-21(9-11-4-3-7-23-11)17(13)20-15(22)10-24-16/h1-8,16H,9-10H2,(H,20,22)/t16-/m0/s1. The molecular weight excluding hydrogens is 362 g/mol. The van der Waals surface area contributed by atoms with E-state index in [-0.39, 0.29) is 11.2 Å². The van der Waals surface area contributed by atoms with Gasteiger partial charge in [-0.25, -0.2) is 4.68 Å². The van der Waals surface area contributed by atoms with Gasteiger partial charge in [0.15, 0.2) is 0 Å². The Labute approximate surface area is 152 Å². The first-order chi connectivity index (χ1) is 11.7. The van der Waals surface area contributed by atoms with E-state index in [0.717, 1.165) is 16.9 Å². The monoisotopic (exact) mass is 375 g/mol. The van der Waals surface area contributed by atoms with Crippen molar-refractivity contribution in [1.29, 1.82) is 0 Å². The van der Waals surface area contributed by atoms with Crippen molar-refractivity contribution in [3.63, 3.8) is 0 Å². The lowest BCUT2D eigenvalue weighted by atomic mass is 10.1. The number of hydrogen-bond acceptors (Lipinski definition) is 4. The third-order valence-electron chi connectivity index (χ3n) is 3.86. The average Bonchev–Trinajstić information content (AvgIpc) is 3.18. The summed E-state index contributed by atoms with van der Waals surface area (Å²) in [5.74, 6) is 1.15. The predicted molar refractivity (Wildman–Crippen MR) is 100 cm³/mol. The summed E-state index contributed by atoms with van der Waals surface area (Å²) in [6.45, 7) is 0.646. The van der Waals surface area contributed by atoms with Gasteiger partial charge in [0.05, 0.1) is 23.7 Å². The van der Waals surface area contributed by atoms with Crippen LogP contribution in [0.25, 0.3) is 0 Å². The third-order valence-corrected chi connectivity index (χ3v) is 6.34. The van der Waals surface area contributed by atoms with E-state index in [4.69, 9.17) is 11.6 Å². The van der Waals surface area contributed by atoms with Gasteiger partial charge in [0, 0.05) is 15.5 Å². The smallest absolute Gasteiger partial charge is 0.235 e. The Morgan fingerprint density at radius 2 is 2.12 bits per heavy atom. The number of thiophene rings is 1. The van der Waals surface area contributed by atoms with Crippen LogP contribution in [-0.4, -0.2) is 21.4 Å². The van der Waals surface area contributed by atoms with Gasteiger partial charge in [-0.05, 0) is 23.1 Å². The second-order valence-electron chi connectivity index (χ2n) is 5.45. The molecule has 1 aliphatic heterocycles. The van der Waals surface area contributed by atoms with Crippen molar-refractivity contribution >= 4 is 46.4 Å². The first-order valence-electron chi connectivity index (χ1n) is 7.46. The Balaban J connectivity index is 1.77. The highest BCUT2D eigenvalue weighted by Crippen LogP contribution is 2.43. The van der Waals surface area contributed by atoms with Gasteiger partial charge in [-0.15, -0.1) is 23.1 Å². The third kappa shape index (κ3) is 2.97. The normalized spacial score (nSPS) is 17.2. The van der Waals surface area contributed by atoms with Gasteiger partial charge in [-0.1, -0.05) is 35.9 Å². The minimum Gasteiger partial charge on any atom is -0.310 e. The van der Waals surface area contributed by atoms with E-state index in [1.165, 1.54) is 4.88 Å². The number of thioether (sulfide) groups is 1. The van der Waals surface area contributed by atoms with E-state index in [2.05, 4.69) is 16.5 Å². The molecule has 7 heteroatoms. The number of halogens is 1. The number of carbonyl (C=O) groups is 1. The zero-order valence-electron chi connectivity index (χ0n) is 12.6. The SMILES string of the molecule is O=C1CS[C@@H](c2ccccc2Cl)c2cnn(Cc3cccs3)c2N1. The molecule has 1 aromatic carbocycles. The topological polar surface area (TPSA) is 46.9 Å². The summed E-state index contributed by atoms with van der Waals surface area (Å²) >= 11 is 9.65. The van der Waals surface area contributed by atoms with E-state index >= 15 is 0 Å². The number of amides is 1. The second-order valence-corrected chi connectivity index (χ2v) is 7.98. The number of hydrogen-bond donors (Lipinski definition) is 1. The largest absolute Gasteiger partial charge is 0.310 e. The molecule has 0 fully saturated rings. The van der Waals surface area contributed by atoms with Crippen LogP contribution >= 0.6 is 34.7 Å². The molecular formula is C17H14ClN3OS2. The quantitative estimate of drug-likeness (QED) is 0.737. The molecule has 4 nitrogen and oxygen atoms in total. The van der Waals surface area contributed by atoms with Crippen LogP contribution in [0.5, 0.6) is 0 Å². The highest BCUT2D eigenvalue weighted by molar-refractivity contribution is 8.00. The summed E-state index contributed by atoms with van der Waals surface area (Å²) in [7, 11) is 0. The molecule has 4 rings (SSSR count). The number of carbonyl (C=O) groups excluding carboxylic acids is 1. The van der Waals surface area contributed by atoms with Crippen molar-refractivity contribution in [2.75, 3.05) is 11.1 Å². The summed E-state index contributed by atoms with van der Waals surface area (Å²) in [6.07, 6.45) is 1.84. The molecule has 1 N–H and O–H groups in total. The lowest BCUT2D eigenvalue weighted by Crippen LogP contribution is -2.16. The summed E-state index contributed by atoms with van der Waals surface area (Å²) in [6, 6.07) is 11.9. The van der Waals surface area contributed by atoms with Crippen LogP contribution in [0.1, 0.15) is 21.3 Å². The molecule has 0 unspecified atom stereocenters. The van der Waals surface area contributed by atoms with Gasteiger partial charge in [-0.3, -0.25) is 4.79 Å². The molecule has 3 heterocycles. The predicted octanol–water partition coefficient (Wildman–Crippen LogP) is 4.42.